The van der Waals surface area contributed by atoms with E-state index in [4.69, 9.17) is 4.74 Å². The normalized spacial score (nSPS) is 19.0. The lowest BCUT2D eigenvalue weighted by Gasteiger charge is -2.38. The number of carbonyl (C=O) groups excluding carboxylic acids is 3. The quantitative estimate of drug-likeness (QED) is 0.542. The van der Waals surface area contributed by atoms with Crippen molar-refractivity contribution in [1.82, 2.24) is 9.80 Å². The van der Waals surface area contributed by atoms with Crippen molar-refractivity contribution in [1.29, 1.82) is 0 Å². The number of likely N-dealkylation sites (tertiary alicyclic amines) is 1. The molecule has 2 rings (SSSR count). The average Bonchev–Trinajstić information content (AvgIpc) is 2.65. The average molecular weight is 409 g/mol. The number of amides is 2. The second-order valence-electron chi connectivity index (χ2n) is 6.69. The molecule has 28 heavy (non-hydrogen) atoms. The van der Waals surface area contributed by atoms with Gasteiger partial charge in [0.05, 0.1) is 4.92 Å². The van der Waals surface area contributed by atoms with Gasteiger partial charge in [-0.15, -0.1) is 0 Å². The Morgan fingerprint density at radius 3 is 2.43 bits per heavy atom. The Kier molecular flexibility index (Phi) is 7.38. The molecule has 1 aromatic rings. The van der Waals surface area contributed by atoms with Crippen LogP contribution in [0.2, 0.25) is 0 Å². The molecule has 2 atom stereocenters. The number of ether oxygens (including phenoxy) is 1. The Balaban J connectivity index is 2.06. The van der Waals surface area contributed by atoms with Crippen molar-refractivity contribution < 1.29 is 24.0 Å². The molecular weight excluding hydrogens is 386 g/mol. The molecule has 1 aromatic carbocycles. The van der Waals surface area contributed by atoms with Crippen molar-refractivity contribution in [3.63, 3.8) is 0 Å². The van der Waals surface area contributed by atoms with E-state index in [-0.39, 0.29) is 35.1 Å². The molecule has 2 amide bonds. The summed E-state index contributed by atoms with van der Waals surface area (Å²) in [6.07, 6.45) is 0.460. The summed E-state index contributed by atoms with van der Waals surface area (Å²) < 4.78 is 5.33. The van der Waals surface area contributed by atoms with Crippen LogP contribution >= 0.6 is 11.8 Å². The monoisotopic (exact) mass is 409 g/mol. The maximum absolute atomic E-state index is 12.6. The number of hydrogen-bond donors (Lipinski definition) is 0. The molecule has 1 saturated heterocycles. The number of likely N-dealkylation sites (N-methyl/N-ethyl adjacent to an activating group) is 1. The van der Waals surface area contributed by atoms with Crippen LogP contribution in [0, 0.1) is 10.1 Å². The van der Waals surface area contributed by atoms with E-state index >= 15 is 0 Å². The van der Waals surface area contributed by atoms with E-state index in [1.807, 2.05) is 0 Å². The van der Waals surface area contributed by atoms with Crippen LogP contribution in [0.5, 0.6) is 0 Å². The molecule has 0 radical (unpaired) electrons. The van der Waals surface area contributed by atoms with Crippen molar-refractivity contribution in [3.05, 3.63) is 39.9 Å². The van der Waals surface area contributed by atoms with E-state index in [2.05, 4.69) is 0 Å². The van der Waals surface area contributed by atoms with Gasteiger partial charge in [0.15, 0.2) is 5.12 Å². The number of non-ortho nitro benzene ring substituents is 1. The first kappa shape index (κ1) is 21.7. The van der Waals surface area contributed by atoms with Crippen molar-refractivity contribution in [3.8, 4) is 0 Å². The molecule has 1 fully saturated rings. The number of rotatable bonds is 5. The van der Waals surface area contributed by atoms with Gasteiger partial charge in [0.2, 0.25) is 5.91 Å². The second kappa shape index (κ2) is 9.54. The second-order valence-corrected chi connectivity index (χ2v) is 8.17. The fraction of sp³-hybridized carbons (Fsp3) is 0.500. The van der Waals surface area contributed by atoms with Gasteiger partial charge in [0, 0.05) is 44.9 Å². The third kappa shape index (κ3) is 5.69. The molecule has 0 aromatic heterocycles. The van der Waals surface area contributed by atoms with Crippen LogP contribution in [-0.2, 0) is 20.9 Å². The predicted molar refractivity (Wildman–Crippen MR) is 104 cm³/mol. The van der Waals surface area contributed by atoms with Gasteiger partial charge in [0.25, 0.3) is 5.69 Å². The topological polar surface area (TPSA) is 110 Å². The Morgan fingerprint density at radius 1 is 1.25 bits per heavy atom. The van der Waals surface area contributed by atoms with E-state index in [0.717, 1.165) is 11.8 Å². The molecule has 1 heterocycles. The SMILES string of the molecule is CC(=O)S[C@H]1CC[C@@H](C(=O)N(C)C)N(C(=O)OCc2ccc([N+](=O)[O-])cc2)C1. The van der Waals surface area contributed by atoms with Gasteiger partial charge in [0.1, 0.15) is 12.6 Å². The molecule has 1 aliphatic heterocycles. The summed E-state index contributed by atoms with van der Waals surface area (Å²) in [7, 11) is 3.25. The summed E-state index contributed by atoms with van der Waals surface area (Å²) in [4.78, 5) is 49.5. The summed E-state index contributed by atoms with van der Waals surface area (Å²) in [5, 5.41) is 10.6. The Hall–Kier alpha value is -2.62. The lowest BCUT2D eigenvalue weighted by atomic mass is 10.0. The largest absolute Gasteiger partial charge is 0.445 e. The van der Waals surface area contributed by atoms with Crippen LogP contribution in [0.3, 0.4) is 0 Å². The first-order chi connectivity index (χ1) is 13.2. The summed E-state index contributed by atoms with van der Waals surface area (Å²) >= 11 is 1.16. The van der Waals surface area contributed by atoms with Crippen molar-refractivity contribution in [2.75, 3.05) is 20.6 Å². The summed E-state index contributed by atoms with van der Waals surface area (Å²) in [5.41, 5.74) is 0.549. The van der Waals surface area contributed by atoms with Crippen LogP contribution in [0.4, 0.5) is 10.5 Å². The fourth-order valence-electron chi connectivity index (χ4n) is 2.97. The zero-order chi connectivity index (χ0) is 20.8. The van der Waals surface area contributed by atoms with Crippen LogP contribution in [-0.4, -0.2) is 63.8 Å². The Bertz CT molecular complexity index is 752. The van der Waals surface area contributed by atoms with E-state index in [1.54, 1.807) is 14.1 Å². The molecule has 0 saturated carbocycles. The zero-order valence-electron chi connectivity index (χ0n) is 16.0. The van der Waals surface area contributed by atoms with Crippen molar-refractivity contribution >= 4 is 34.6 Å². The zero-order valence-corrected chi connectivity index (χ0v) is 16.8. The Morgan fingerprint density at radius 2 is 1.89 bits per heavy atom. The minimum absolute atomic E-state index is 0.0402. The van der Waals surface area contributed by atoms with E-state index < -0.39 is 17.1 Å². The molecule has 152 valence electrons. The van der Waals surface area contributed by atoms with Crippen LogP contribution in [0.15, 0.2) is 24.3 Å². The number of benzene rings is 1. The number of nitro groups is 1. The van der Waals surface area contributed by atoms with Gasteiger partial charge in [-0.3, -0.25) is 24.6 Å². The highest BCUT2D eigenvalue weighted by Gasteiger charge is 2.38. The minimum atomic E-state index is -0.646. The molecule has 10 heteroatoms. The van der Waals surface area contributed by atoms with Crippen molar-refractivity contribution in [2.45, 2.75) is 37.7 Å². The molecule has 9 nitrogen and oxygen atoms in total. The number of nitrogens with zero attached hydrogens (tertiary/aromatic N) is 3. The lowest BCUT2D eigenvalue weighted by molar-refractivity contribution is -0.384. The summed E-state index contributed by atoms with van der Waals surface area (Å²) in [6.45, 7) is 1.65. The molecule has 0 spiro atoms. The maximum Gasteiger partial charge on any atom is 0.410 e. The minimum Gasteiger partial charge on any atom is -0.445 e. The van der Waals surface area contributed by atoms with E-state index in [9.17, 15) is 24.5 Å². The highest BCUT2D eigenvalue weighted by molar-refractivity contribution is 8.14. The fourth-order valence-corrected chi connectivity index (χ4v) is 3.93. The summed E-state index contributed by atoms with van der Waals surface area (Å²) in [5.74, 6) is -0.196. The van der Waals surface area contributed by atoms with Gasteiger partial charge < -0.3 is 9.64 Å². The maximum atomic E-state index is 12.6. The number of carbonyl (C=O) groups is 3. The number of thioether (sulfide) groups is 1. The molecule has 0 bridgehead atoms. The Labute approximate surface area is 167 Å². The third-order valence-corrected chi connectivity index (χ3v) is 5.39. The van der Waals surface area contributed by atoms with Crippen molar-refractivity contribution in [2.24, 2.45) is 0 Å². The molecule has 0 unspecified atom stereocenters. The number of piperidine rings is 1. The van der Waals surface area contributed by atoms with Crippen LogP contribution in [0.1, 0.15) is 25.3 Å². The molecule has 0 N–H and O–H groups in total. The predicted octanol–water partition coefficient (Wildman–Crippen LogP) is 2.43. The van der Waals surface area contributed by atoms with Crippen LogP contribution < -0.4 is 0 Å². The highest BCUT2D eigenvalue weighted by Crippen LogP contribution is 2.28. The van der Waals surface area contributed by atoms with Gasteiger partial charge >= 0.3 is 6.09 Å². The van der Waals surface area contributed by atoms with Gasteiger partial charge in [-0.05, 0) is 30.5 Å². The first-order valence-corrected chi connectivity index (χ1v) is 9.62. The van der Waals surface area contributed by atoms with Gasteiger partial charge in [-0.2, -0.15) is 0 Å². The smallest absolute Gasteiger partial charge is 0.410 e. The number of hydrogen-bond acceptors (Lipinski definition) is 7. The first-order valence-electron chi connectivity index (χ1n) is 8.74. The molecule has 0 aliphatic carbocycles. The highest BCUT2D eigenvalue weighted by atomic mass is 32.2. The van der Waals surface area contributed by atoms with Gasteiger partial charge in [-0.25, -0.2) is 4.79 Å². The van der Waals surface area contributed by atoms with Crippen LogP contribution in [0.25, 0.3) is 0 Å². The third-order valence-electron chi connectivity index (χ3n) is 4.34. The van der Waals surface area contributed by atoms with E-state index in [0.29, 0.717) is 18.4 Å². The lowest BCUT2D eigenvalue weighted by Crippen LogP contribution is -2.54. The van der Waals surface area contributed by atoms with Gasteiger partial charge in [-0.1, -0.05) is 11.8 Å². The summed E-state index contributed by atoms with van der Waals surface area (Å²) in [6, 6.07) is 5.06. The standard InChI is InChI=1S/C18H23N3O6S/c1-12(22)28-15-8-9-16(17(23)19(2)3)20(10-15)18(24)27-11-13-4-6-14(7-5-13)21(25)26/h4-7,15-16H,8-11H2,1-3H3/t15-,16-/m0/s1. The van der Waals surface area contributed by atoms with E-state index in [1.165, 1.54) is 41.0 Å². The number of nitro benzene ring substituents is 1. The molecule has 1 aliphatic rings. The molecular formula is C18H23N3O6S.